The van der Waals surface area contributed by atoms with Crippen molar-refractivity contribution in [2.45, 2.75) is 11.3 Å². The number of benzene rings is 1. The summed E-state index contributed by atoms with van der Waals surface area (Å²) in [5.41, 5.74) is 7.13. The van der Waals surface area contributed by atoms with Crippen LogP contribution in [0.25, 0.3) is 0 Å². The quantitative estimate of drug-likeness (QED) is 0.752. The van der Waals surface area contributed by atoms with Gasteiger partial charge in [-0.15, -0.1) is 0 Å². The van der Waals surface area contributed by atoms with E-state index in [1.54, 1.807) is 0 Å². The van der Waals surface area contributed by atoms with Gasteiger partial charge in [-0.2, -0.15) is 11.8 Å². The normalized spacial score (nSPS) is 28.2. The van der Waals surface area contributed by atoms with Gasteiger partial charge in [0.1, 0.15) is 0 Å². The smallest absolute Gasteiger partial charge is 0.0457 e. The van der Waals surface area contributed by atoms with E-state index in [4.69, 9.17) is 17.3 Å². The molecule has 1 aromatic rings. The lowest BCUT2D eigenvalue weighted by atomic mass is 10.1. The van der Waals surface area contributed by atoms with E-state index >= 15 is 0 Å². The number of nitrogens with two attached hydrogens (primary N) is 1. The van der Waals surface area contributed by atoms with Crippen LogP contribution in [-0.2, 0) is 0 Å². The van der Waals surface area contributed by atoms with E-state index in [0.29, 0.717) is 11.3 Å². The fraction of sp³-hybridized carbons (Fsp3) is 0.333. The molecular formula is C9H10ClNS. The molecule has 0 aliphatic carbocycles. The maximum atomic E-state index is 5.84. The van der Waals surface area contributed by atoms with Gasteiger partial charge in [-0.05, 0) is 17.7 Å². The van der Waals surface area contributed by atoms with Gasteiger partial charge in [-0.1, -0.05) is 23.7 Å². The van der Waals surface area contributed by atoms with E-state index in [0.717, 1.165) is 10.8 Å². The molecule has 0 bridgehead atoms. The first-order chi connectivity index (χ1) is 5.77. The summed E-state index contributed by atoms with van der Waals surface area (Å²) in [5, 5.41) is 1.28. The van der Waals surface area contributed by atoms with Gasteiger partial charge in [0.25, 0.3) is 0 Å². The first kappa shape index (κ1) is 8.42. The molecule has 1 fully saturated rings. The van der Waals surface area contributed by atoms with Crippen LogP contribution in [0.3, 0.4) is 0 Å². The molecule has 0 saturated carbocycles. The Morgan fingerprint density at radius 1 is 1.33 bits per heavy atom. The third-order valence-electron chi connectivity index (χ3n) is 2.06. The van der Waals surface area contributed by atoms with Crippen LogP contribution in [0.4, 0.5) is 0 Å². The van der Waals surface area contributed by atoms with Crippen LogP contribution in [0, 0.1) is 0 Å². The standard InChI is InChI=1S/C9H10ClNS/c10-7-3-1-6(2-4-7)9-8(11)5-12-9/h1-4,8-9H,5,11H2. The molecule has 2 N–H and O–H groups in total. The molecule has 1 aromatic carbocycles. The Morgan fingerprint density at radius 2 is 2.00 bits per heavy atom. The Balaban J connectivity index is 2.18. The highest BCUT2D eigenvalue weighted by molar-refractivity contribution is 8.01. The second-order valence-corrected chi connectivity index (χ2v) is 4.58. The van der Waals surface area contributed by atoms with E-state index in [9.17, 15) is 0 Å². The molecule has 0 amide bonds. The second kappa shape index (κ2) is 3.29. The number of hydrogen-bond donors (Lipinski definition) is 1. The molecule has 2 unspecified atom stereocenters. The Kier molecular flexibility index (Phi) is 2.31. The number of hydrogen-bond acceptors (Lipinski definition) is 2. The van der Waals surface area contributed by atoms with Crippen molar-refractivity contribution in [3.8, 4) is 0 Å². The molecule has 1 aliphatic heterocycles. The number of rotatable bonds is 1. The third-order valence-corrected chi connectivity index (χ3v) is 3.87. The van der Waals surface area contributed by atoms with Gasteiger partial charge in [0.2, 0.25) is 0 Å². The molecule has 12 heavy (non-hydrogen) atoms. The predicted molar refractivity (Wildman–Crippen MR) is 54.6 cm³/mol. The van der Waals surface area contributed by atoms with Gasteiger partial charge in [0.15, 0.2) is 0 Å². The first-order valence-corrected chi connectivity index (χ1v) is 5.33. The molecule has 1 saturated heterocycles. The zero-order valence-electron chi connectivity index (χ0n) is 6.53. The summed E-state index contributed by atoms with van der Waals surface area (Å²) < 4.78 is 0. The van der Waals surface area contributed by atoms with Crippen LogP contribution in [0.2, 0.25) is 5.02 Å². The van der Waals surface area contributed by atoms with Crippen molar-refractivity contribution in [2.24, 2.45) is 5.73 Å². The third kappa shape index (κ3) is 1.47. The summed E-state index contributed by atoms with van der Waals surface area (Å²) in [5.74, 6) is 1.08. The van der Waals surface area contributed by atoms with Crippen LogP contribution in [0.15, 0.2) is 24.3 Å². The highest BCUT2D eigenvalue weighted by Crippen LogP contribution is 2.41. The van der Waals surface area contributed by atoms with Gasteiger partial charge in [0, 0.05) is 22.1 Å². The van der Waals surface area contributed by atoms with Gasteiger partial charge < -0.3 is 5.73 Å². The molecule has 3 heteroatoms. The summed E-state index contributed by atoms with van der Waals surface area (Å²) in [4.78, 5) is 0. The van der Waals surface area contributed by atoms with Gasteiger partial charge in [-0.3, -0.25) is 0 Å². The SMILES string of the molecule is NC1CSC1c1ccc(Cl)cc1. The Bertz CT molecular complexity index is 272. The van der Waals surface area contributed by atoms with Crippen molar-refractivity contribution < 1.29 is 0 Å². The van der Waals surface area contributed by atoms with Crippen LogP contribution in [-0.4, -0.2) is 11.8 Å². The maximum Gasteiger partial charge on any atom is 0.0457 e. The molecule has 0 spiro atoms. The van der Waals surface area contributed by atoms with E-state index in [-0.39, 0.29) is 0 Å². The molecule has 1 heterocycles. The predicted octanol–water partition coefficient (Wildman–Crippen LogP) is 2.46. The monoisotopic (exact) mass is 199 g/mol. The van der Waals surface area contributed by atoms with Crippen LogP contribution in [0.5, 0.6) is 0 Å². The highest BCUT2D eigenvalue weighted by atomic mass is 35.5. The Labute approximate surface area is 81.3 Å². The minimum Gasteiger partial charge on any atom is -0.326 e. The maximum absolute atomic E-state index is 5.84. The summed E-state index contributed by atoms with van der Waals surface area (Å²) in [7, 11) is 0. The van der Waals surface area contributed by atoms with E-state index in [2.05, 4.69) is 12.1 Å². The Morgan fingerprint density at radius 3 is 2.42 bits per heavy atom. The van der Waals surface area contributed by atoms with Gasteiger partial charge in [-0.25, -0.2) is 0 Å². The molecule has 2 rings (SSSR count). The topological polar surface area (TPSA) is 26.0 Å². The Hall–Kier alpha value is -0.180. The molecule has 64 valence electrons. The van der Waals surface area contributed by atoms with Crippen LogP contribution >= 0.6 is 23.4 Å². The fourth-order valence-corrected chi connectivity index (χ4v) is 2.38. The molecule has 0 radical (unpaired) electrons. The largest absolute Gasteiger partial charge is 0.326 e. The second-order valence-electron chi connectivity index (χ2n) is 2.97. The summed E-state index contributed by atoms with van der Waals surface area (Å²) in [6, 6.07) is 8.28. The first-order valence-electron chi connectivity index (χ1n) is 3.90. The molecule has 1 nitrogen and oxygen atoms in total. The average molecular weight is 200 g/mol. The van der Waals surface area contributed by atoms with Crippen molar-refractivity contribution in [3.05, 3.63) is 34.9 Å². The van der Waals surface area contributed by atoms with Crippen LogP contribution < -0.4 is 5.73 Å². The average Bonchev–Trinajstić information content (AvgIpc) is 2.06. The van der Waals surface area contributed by atoms with Crippen molar-refractivity contribution >= 4 is 23.4 Å². The zero-order valence-corrected chi connectivity index (χ0v) is 8.11. The molecule has 0 aromatic heterocycles. The van der Waals surface area contributed by atoms with Crippen molar-refractivity contribution in [2.75, 3.05) is 5.75 Å². The minimum absolute atomic E-state index is 0.330. The molecule has 1 aliphatic rings. The molecule has 2 atom stereocenters. The van der Waals surface area contributed by atoms with E-state index < -0.39 is 0 Å². The lowest BCUT2D eigenvalue weighted by molar-refractivity contribution is 0.687. The van der Waals surface area contributed by atoms with Crippen molar-refractivity contribution in [1.29, 1.82) is 0 Å². The highest BCUT2D eigenvalue weighted by Gasteiger charge is 2.29. The zero-order chi connectivity index (χ0) is 8.55. The molecular weight excluding hydrogens is 190 g/mol. The van der Waals surface area contributed by atoms with Crippen molar-refractivity contribution in [1.82, 2.24) is 0 Å². The lowest BCUT2D eigenvalue weighted by Gasteiger charge is -2.33. The minimum atomic E-state index is 0.330. The van der Waals surface area contributed by atoms with Gasteiger partial charge in [0.05, 0.1) is 0 Å². The number of thioether (sulfide) groups is 1. The lowest BCUT2D eigenvalue weighted by Crippen LogP contribution is -2.37. The van der Waals surface area contributed by atoms with E-state index in [1.807, 2.05) is 23.9 Å². The van der Waals surface area contributed by atoms with Gasteiger partial charge >= 0.3 is 0 Å². The fourth-order valence-electron chi connectivity index (χ4n) is 1.30. The summed E-state index contributed by atoms with van der Waals surface area (Å²) in [6.07, 6.45) is 0. The summed E-state index contributed by atoms with van der Waals surface area (Å²) >= 11 is 7.68. The summed E-state index contributed by atoms with van der Waals surface area (Å²) in [6.45, 7) is 0. The van der Waals surface area contributed by atoms with Crippen molar-refractivity contribution in [3.63, 3.8) is 0 Å². The number of halogens is 1. The van der Waals surface area contributed by atoms with E-state index in [1.165, 1.54) is 5.56 Å². The van der Waals surface area contributed by atoms with Crippen LogP contribution in [0.1, 0.15) is 10.8 Å².